The molecular weight excluding hydrogens is 335 g/mol. The number of carbonyl (C=O) groups is 1. The third-order valence-electron chi connectivity index (χ3n) is 4.95. The van der Waals surface area contributed by atoms with Crippen LogP contribution in [0.5, 0.6) is 5.75 Å². The molecule has 3 heterocycles. The predicted molar refractivity (Wildman–Crippen MR) is 93.5 cm³/mol. The van der Waals surface area contributed by atoms with E-state index >= 15 is 0 Å². The van der Waals surface area contributed by atoms with E-state index < -0.39 is 18.0 Å². The maximum atomic E-state index is 14.0. The fourth-order valence-corrected chi connectivity index (χ4v) is 3.64. The van der Waals surface area contributed by atoms with Crippen LogP contribution in [0.1, 0.15) is 19.0 Å². The van der Waals surface area contributed by atoms with Crippen LogP contribution in [0.2, 0.25) is 0 Å². The number of carbonyl (C=O) groups excluding carboxylic acids is 1. The van der Waals surface area contributed by atoms with E-state index in [4.69, 9.17) is 4.74 Å². The smallest absolute Gasteiger partial charge is 0.255 e. The second kappa shape index (κ2) is 6.30. The van der Waals surface area contributed by atoms with Crippen LogP contribution in [-0.2, 0) is 4.79 Å². The number of aromatic nitrogens is 2. The summed E-state index contributed by atoms with van der Waals surface area (Å²) in [5.41, 5.74) is 1.20. The summed E-state index contributed by atoms with van der Waals surface area (Å²) in [4.78, 5) is 11.6. The number of ether oxygens (including phenoxy) is 1. The molecule has 1 fully saturated rings. The Kier molecular flexibility index (Phi) is 3.96. The number of nitrogens with zero attached hydrogens (tertiary/aromatic N) is 3. The lowest BCUT2D eigenvalue weighted by Gasteiger charge is -2.19. The topological polar surface area (TPSA) is 79.4 Å². The van der Waals surface area contributed by atoms with Crippen LogP contribution in [0.25, 0.3) is 16.3 Å². The number of fused-ring (bicyclic) bond motifs is 3. The first-order valence-electron chi connectivity index (χ1n) is 8.51. The van der Waals surface area contributed by atoms with E-state index in [9.17, 15) is 14.4 Å². The maximum Gasteiger partial charge on any atom is 0.255 e. The van der Waals surface area contributed by atoms with Crippen LogP contribution in [-0.4, -0.2) is 34.3 Å². The molecule has 1 aliphatic heterocycles. The zero-order valence-electron chi connectivity index (χ0n) is 14.1. The molecule has 3 unspecified atom stereocenters. The van der Waals surface area contributed by atoms with E-state index in [2.05, 4.69) is 16.5 Å². The summed E-state index contributed by atoms with van der Waals surface area (Å²) in [6.45, 7) is 2.05. The van der Waals surface area contributed by atoms with Gasteiger partial charge in [-0.05, 0) is 30.0 Å². The minimum atomic E-state index is -1.49. The van der Waals surface area contributed by atoms with Crippen molar-refractivity contribution in [2.75, 3.05) is 6.61 Å². The quantitative estimate of drug-likeness (QED) is 0.783. The summed E-state index contributed by atoms with van der Waals surface area (Å²) < 4.78 is 21.5. The second-order valence-corrected chi connectivity index (χ2v) is 6.39. The normalized spacial score (nSPS) is 22.5. The summed E-state index contributed by atoms with van der Waals surface area (Å²) in [7, 11) is 0. The summed E-state index contributed by atoms with van der Waals surface area (Å²) in [5, 5.41) is 17.9. The summed E-state index contributed by atoms with van der Waals surface area (Å²) >= 11 is 0. The lowest BCUT2D eigenvalue weighted by molar-refractivity contribution is -0.123. The van der Waals surface area contributed by atoms with Gasteiger partial charge in [-0.2, -0.15) is 10.4 Å². The molecule has 132 valence electrons. The number of hydrogen-bond donors (Lipinski definition) is 1. The molecule has 3 atom stereocenters. The van der Waals surface area contributed by atoms with E-state index in [0.29, 0.717) is 17.9 Å². The Morgan fingerprint density at radius 3 is 3.04 bits per heavy atom. The van der Waals surface area contributed by atoms with Gasteiger partial charge < -0.3 is 10.1 Å². The van der Waals surface area contributed by atoms with Gasteiger partial charge in [0.25, 0.3) is 5.91 Å². The van der Waals surface area contributed by atoms with E-state index in [-0.39, 0.29) is 12.6 Å². The summed E-state index contributed by atoms with van der Waals surface area (Å²) in [6.07, 6.45) is 0.701. The zero-order chi connectivity index (χ0) is 18.3. The van der Waals surface area contributed by atoms with E-state index in [1.807, 2.05) is 31.2 Å². The summed E-state index contributed by atoms with van der Waals surface area (Å²) in [6, 6.07) is 10.9. The number of hydrogen-bond acceptors (Lipinski definition) is 4. The van der Waals surface area contributed by atoms with E-state index in [1.54, 1.807) is 16.8 Å². The van der Waals surface area contributed by atoms with Crippen molar-refractivity contribution in [2.24, 2.45) is 5.92 Å². The molecule has 26 heavy (non-hydrogen) atoms. The predicted octanol–water partition coefficient (Wildman–Crippen LogP) is 2.60. The molecular formula is C19H17FN4O2. The SMILES string of the molecule is CCC1C(COc2cccc3cc(C#N)n4nccc4c23)NC(=O)C1F. The highest BCUT2D eigenvalue weighted by molar-refractivity contribution is 6.01. The summed E-state index contributed by atoms with van der Waals surface area (Å²) in [5.74, 6) is -0.346. The van der Waals surface area contributed by atoms with E-state index in [1.165, 1.54) is 0 Å². The van der Waals surface area contributed by atoms with Crippen molar-refractivity contribution >= 4 is 22.2 Å². The first-order chi connectivity index (χ1) is 12.6. The standard InChI is InChI=1S/C19H17FN4O2/c1-2-13-14(23-19(25)18(13)20)10-26-16-5-3-4-11-8-12(9-21)24-15(17(11)16)6-7-22-24/h3-8,13-14,18H,2,10H2,1H3,(H,23,25). The lowest BCUT2D eigenvalue weighted by Crippen LogP contribution is -2.34. The highest BCUT2D eigenvalue weighted by atomic mass is 19.1. The Hall–Kier alpha value is -3.14. The first kappa shape index (κ1) is 16.3. The number of alkyl halides is 1. The maximum absolute atomic E-state index is 14.0. The average molecular weight is 352 g/mol. The van der Waals surface area contributed by atoms with Crippen molar-refractivity contribution in [3.05, 3.63) is 42.2 Å². The molecule has 0 aliphatic carbocycles. The Bertz CT molecular complexity index is 1040. The van der Waals surface area contributed by atoms with Crippen LogP contribution < -0.4 is 10.1 Å². The molecule has 4 rings (SSSR count). The number of nitrogens with one attached hydrogen (secondary N) is 1. The number of halogens is 1. The van der Waals surface area contributed by atoms with E-state index in [0.717, 1.165) is 16.3 Å². The van der Waals surface area contributed by atoms with Crippen molar-refractivity contribution in [1.82, 2.24) is 14.9 Å². The molecule has 0 spiro atoms. The second-order valence-electron chi connectivity index (χ2n) is 6.39. The van der Waals surface area contributed by atoms with Crippen molar-refractivity contribution in [3.63, 3.8) is 0 Å². The number of rotatable bonds is 4. The fourth-order valence-electron chi connectivity index (χ4n) is 3.64. The van der Waals surface area contributed by atoms with Gasteiger partial charge in [0.05, 0.1) is 17.8 Å². The monoisotopic (exact) mass is 352 g/mol. The molecule has 6 nitrogen and oxygen atoms in total. The molecule has 0 saturated carbocycles. The van der Waals surface area contributed by atoms with Gasteiger partial charge in [0.2, 0.25) is 0 Å². The van der Waals surface area contributed by atoms with Crippen LogP contribution in [0.4, 0.5) is 4.39 Å². The van der Waals surface area contributed by atoms with Gasteiger partial charge in [0.1, 0.15) is 24.1 Å². The van der Waals surface area contributed by atoms with Crippen molar-refractivity contribution < 1.29 is 13.9 Å². The van der Waals surface area contributed by atoms with Crippen LogP contribution in [0.3, 0.4) is 0 Å². The number of amides is 1. The largest absolute Gasteiger partial charge is 0.491 e. The molecule has 3 aromatic rings. The minimum absolute atomic E-state index is 0.185. The van der Waals surface area contributed by atoms with Gasteiger partial charge in [0, 0.05) is 11.3 Å². The van der Waals surface area contributed by atoms with Gasteiger partial charge in [-0.25, -0.2) is 8.91 Å². The van der Waals surface area contributed by atoms with Crippen molar-refractivity contribution in [1.29, 1.82) is 5.26 Å². The first-order valence-corrected chi connectivity index (χ1v) is 8.51. The van der Waals surface area contributed by atoms with Crippen LogP contribution in [0.15, 0.2) is 36.5 Å². The molecule has 7 heteroatoms. The Labute approximate surface area is 149 Å². The Balaban J connectivity index is 1.71. The van der Waals surface area contributed by atoms with Crippen molar-refractivity contribution in [3.8, 4) is 11.8 Å². The molecule has 1 amide bonds. The third kappa shape index (κ3) is 2.46. The highest BCUT2D eigenvalue weighted by Gasteiger charge is 2.41. The Morgan fingerprint density at radius 1 is 1.42 bits per heavy atom. The highest BCUT2D eigenvalue weighted by Crippen LogP contribution is 2.32. The minimum Gasteiger partial charge on any atom is -0.491 e. The molecule has 1 saturated heterocycles. The molecule has 1 aliphatic rings. The number of nitriles is 1. The zero-order valence-corrected chi connectivity index (χ0v) is 14.1. The van der Waals surface area contributed by atoms with Gasteiger partial charge in [-0.3, -0.25) is 4.79 Å². The van der Waals surface area contributed by atoms with Gasteiger partial charge in [-0.1, -0.05) is 19.1 Å². The molecule has 1 aromatic carbocycles. The molecule has 0 bridgehead atoms. The Morgan fingerprint density at radius 2 is 2.27 bits per heavy atom. The van der Waals surface area contributed by atoms with Crippen LogP contribution >= 0.6 is 0 Å². The lowest BCUT2D eigenvalue weighted by atomic mass is 9.97. The van der Waals surface area contributed by atoms with Crippen molar-refractivity contribution in [2.45, 2.75) is 25.6 Å². The molecule has 0 radical (unpaired) electrons. The number of benzene rings is 1. The fraction of sp³-hybridized carbons (Fsp3) is 0.316. The van der Waals surface area contributed by atoms with Gasteiger partial charge in [-0.15, -0.1) is 0 Å². The van der Waals surface area contributed by atoms with Gasteiger partial charge >= 0.3 is 0 Å². The van der Waals surface area contributed by atoms with Gasteiger partial charge in [0.15, 0.2) is 6.17 Å². The number of pyridine rings is 1. The van der Waals surface area contributed by atoms with Crippen LogP contribution in [0, 0.1) is 17.2 Å². The molecule has 2 aromatic heterocycles. The average Bonchev–Trinajstić information content (AvgIpc) is 3.24. The molecule has 1 N–H and O–H groups in total. The third-order valence-corrected chi connectivity index (χ3v) is 4.95.